The van der Waals surface area contributed by atoms with Crippen LogP contribution in [0.2, 0.25) is 0 Å². The quantitative estimate of drug-likeness (QED) is 0.142. The number of benzene rings is 11. The van der Waals surface area contributed by atoms with Crippen LogP contribution in [0.3, 0.4) is 0 Å². The summed E-state index contributed by atoms with van der Waals surface area (Å²) >= 11 is 0. The summed E-state index contributed by atoms with van der Waals surface area (Å²) in [5, 5.41) is 7.16. The van der Waals surface area contributed by atoms with E-state index >= 15 is 0 Å². The van der Waals surface area contributed by atoms with E-state index in [1.807, 2.05) is 42.5 Å². The molecular formula is C74H41N9. The van der Waals surface area contributed by atoms with Gasteiger partial charge in [0.2, 0.25) is 0 Å². The normalized spacial score (nSPS) is 11.3. The molecule has 382 valence electrons. The van der Waals surface area contributed by atoms with E-state index in [2.05, 4.69) is 191 Å². The smallest absolute Gasteiger partial charge is 0.198 e. The lowest BCUT2D eigenvalue weighted by molar-refractivity contribution is 1.16. The van der Waals surface area contributed by atoms with Gasteiger partial charge in [-0.15, -0.1) is 0 Å². The van der Waals surface area contributed by atoms with Crippen LogP contribution in [0.15, 0.2) is 249 Å². The summed E-state index contributed by atoms with van der Waals surface area (Å²) in [7, 11) is 0. The van der Waals surface area contributed by atoms with E-state index in [1.165, 1.54) is 21.5 Å². The van der Waals surface area contributed by atoms with E-state index < -0.39 is 0 Å². The molecule has 0 saturated carbocycles. The van der Waals surface area contributed by atoms with Crippen molar-refractivity contribution < 1.29 is 0 Å². The monoisotopic (exact) mass is 1060 g/mol. The summed E-state index contributed by atoms with van der Waals surface area (Å²) in [5.41, 5.74) is 17.3. The molecule has 4 aromatic heterocycles. The Balaban J connectivity index is 0.814. The molecule has 0 unspecified atom stereocenters. The molecule has 0 aliphatic carbocycles. The number of hydrogen-bond donors (Lipinski definition) is 0. The molecule has 15 aromatic rings. The van der Waals surface area contributed by atoms with Crippen LogP contribution < -0.4 is 0 Å². The van der Waals surface area contributed by atoms with Crippen LogP contribution in [-0.2, 0) is 0 Å². The highest BCUT2D eigenvalue weighted by atomic mass is 15.0. The average Bonchev–Trinajstić information content (AvgIpc) is 4.27. The number of aromatic nitrogens is 5. The highest BCUT2D eigenvalue weighted by molar-refractivity contribution is 6.14. The first kappa shape index (κ1) is 48.0. The number of fused-ring (bicyclic) bond motifs is 9. The topological polar surface area (TPSA) is 58.0 Å². The summed E-state index contributed by atoms with van der Waals surface area (Å²) in [4.78, 5) is 25.2. The number of para-hydroxylation sites is 6. The lowest BCUT2D eigenvalue weighted by Crippen LogP contribution is -1.96. The van der Waals surface area contributed by atoms with Crippen molar-refractivity contribution >= 4 is 88.2 Å². The molecule has 4 heterocycles. The predicted octanol–water partition coefficient (Wildman–Crippen LogP) is 20.3. The van der Waals surface area contributed by atoms with Crippen LogP contribution in [0.5, 0.6) is 0 Å². The van der Waals surface area contributed by atoms with Gasteiger partial charge in [-0.05, 0) is 119 Å². The van der Waals surface area contributed by atoms with Crippen LogP contribution in [0.1, 0.15) is 0 Å². The Hall–Kier alpha value is -12.1. The van der Waals surface area contributed by atoms with Gasteiger partial charge in [0.05, 0.1) is 70.8 Å². The minimum absolute atomic E-state index is 0.297. The molecule has 0 N–H and O–H groups in total. The van der Waals surface area contributed by atoms with E-state index in [1.54, 1.807) is 48.5 Å². The van der Waals surface area contributed by atoms with Gasteiger partial charge in [0.25, 0.3) is 0 Å². The summed E-state index contributed by atoms with van der Waals surface area (Å²) in [6.07, 6.45) is 0. The Morgan fingerprint density at radius 2 is 0.627 bits per heavy atom. The molecule has 0 aliphatic rings. The van der Waals surface area contributed by atoms with Crippen molar-refractivity contribution in [2.24, 2.45) is 0 Å². The summed E-state index contributed by atoms with van der Waals surface area (Å²) in [6, 6.07) is 84.6. The first-order valence-electron chi connectivity index (χ1n) is 27.0. The van der Waals surface area contributed by atoms with Crippen LogP contribution in [0.25, 0.3) is 158 Å². The Labute approximate surface area is 477 Å². The predicted molar refractivity (Wildman–Crippen MR) is 337 cm³/mol. The maximum atomic E-state index is 8.40. The molecule has 0 spiro atoms. The van der Waals surface area contributed by atoms with Crippen LogP contribution in [0, 0.1) is 26.3 Å². The molecule has 15 rings (SSSR count). The second kappa shape index (κ2) is 19.3. The molecule has 0 aliphatic heterocycles. The summed E-state index contributed by atoms with van der Waals surface area (Å²) in [5.74, 6) is 0.301. The van der Waals surface area contributed by atoms with Crippen molar-refractivity contribution in [3.05, 3.63) is 294 Å². The average molecular weight is 1060 g/mol. The van der Waals surface area contributed by atoms with Gasteiger partial charge < -0.3 is 13.7 Å². The molecule has 0 fully saturated rings. The van der Waals surface area contributed by atoms with E-state index in [0.717, 1.165) is 77.6 Å². The van der Waals surface area contributed by atoms with Gasteiger partial charge in [-0.25, -0.2) is 29.3 Å². The van der Waals surface area contributed by atoms with Gasteiger partial charge >= 0.3 is 0 Å². The van der Waals surface area contributed by atoms with E-state index in [-0.39, 0.29) is 0 Å². The second-order valence-corrected chi connectivity index (χ2v) is 20.4. The van der Waals surface area contributed by atoms with E-state index in [0.29, 0.717) is 62.2 Å². The molecule has 9 heteroatoms. The van der Waals surface area contributed by atoms with Gasteiger partial charge in [0, 0.05) is 60.5 Å². The highest BCUT2D eigenvalue weighted by Gasteiger charge is 2.22. The standard InChI is InChI=1S/C74H41N9/c1-75-61-23-11-5-21-57(61)64-45-63(79-74(80-64)58-22-6-12-24-62(58)76-2)49-41-65(77-3)73(66(42-49)78-4)48-31-29-46(30-32-48)47-33-35-50(36-34-47)81-71-39-37-51(82-67-25-13-7-17-53(67)54-18-8-14-26-68(54)82)43-59(71)60-44-52(38-40-72(60)81)83-69-27-15-9-19-55(69)56-20-10-16-28-70(56)83/h5-45H. The molecule has 0 atom stereocenters. The fourth-order valence-corrected chi connectivity index (χ4v) is 12.2. The number of nitrogens with zero attached hydrogens (tertiary/aromatic N) is 9. The van der Waals surface area contributed by atoms with Crippen molar-refractivity contribution in [3.63, 3.8) is 0 Å². The van der Waals surface area contributed by atoms with Crippen molar-refractivity contribution in [1.29, 1.82) is 0 Å². The Morgan fingerprint density at radius 1 is 0.265 bits per heavy atom. The van der Waals surface area contributed by atoms with Crippen molar-refractivity contribution in [1.82, 2.24) is 23.7 Å². The first-order valence-corrected chi connectivity index (χ1v) is 27.0. The minimum Gasteiger partial charge on any atom is -0.309 e. The molecular weight excluding hydrogens is 1010 g/mol. The fourth-order valence-electron chi connectivity index (χ4n) is 12.2. The van der Waals surface area contributed by atoms with Gasteiger partial charge in [0.1, 0.15) is 5.82 Å². The fraction of sp³-hybridized carbons (Fsp3) is 0. The van der Waals surface area contributed by atoms with Crippen LogP contribution >= 0.6 is 0 Å². The Kier molecular flexibility index (Phi) is 11.2. The zero-order valence-corrected chi connectivity index (χ0v) is 44.2. The van der Waals surface area contributed by atoms with E-state index in [9.17, 15) is 0 Å². The molecule has 0 saturated heterocycles. The zero-order valence-electron chi connectivity index (χ0n) is 44.2. The molecule has 0 radical (unpaired) electrons. The van der Waals surface area contributed by atoms with Crippen molar-refractivity contribution in [3.8, 4) is 73.2 Å². The minimum atomic E-state index is 0.297. The third kappa shape index (κ3) is 7.74. The van der Waals surface area contributed by atoms with Gasteiger partial charge in [0.15, 0.2) is 22.7 Å². The Bertz CT molecular complexity index is 4990. The van der Waals surface area contributed by atoms with Gasteiger partial charge in [-0.3, -0.25) is 0 Å². The second-order valence-electron chi connectivity index (χ2n) is 20.4. The maximum absolute atomic E-state index is 8.40. The third-order valence-electron chi connectivity index (χ3n) is 16.0. The summed E-state index contributed by atoms with van der Waals surface area (Å²) in [6.45, 7) is 32.5. The SMILES string of the molecule is [C-]#[N+]c1ccccc1-c1cc(-c2cc([N+]#[C-])c(-c3ccc(-c4ccc(-n5c6ccc(-n7c8ccccc8c8ccccc87)cc6c6cc(-n7c8ccccc8c8ccccc87)ccc65)cc4)cc3)c([N+]#[C-])c2)nc(-c2ccccc2[N+]#[C-])n1. The zero-order chi connectivity index (χ0) is 55.7. The number of hydrogen-bond acceptors (Lipinski definition) is 2. The first-order chi connectivity index (χ1) is 41.0. The molecule has 0 amide bonds. The largest absolute Gasteiger partial charge is 0.309 e. The molecule has 83 heavy (non-hydrogen) atoms. The molecule has 0 bridgehead atoms. The van der Waals surface area contributed by atoms with E-state index in [4.69, 9.17) is 36.3 Å². The molecule has 9 nitrogen and oxygen atoms in total. The van der Waals surface area contributed by atoms with Crippen molar-refractivity contribution in [2.75, 3.05) is 0 Å². The maximum Gasteiger partial charge on any atom is 0.198 e. The van der Waals surface area contributed by atoms with Crippen LogP contribution in [-0.4, -0.2) is 23.7 Å². The highest BCUT2D eigenvalue weighted by Crippen LogP contribution is 2.45. The number of rotatable bonds is 8. The molecule has 11 aromatic carbocycles. The Morgan fingerprint density at radius 3 is 1.11 bits per heavy atom. The lowest BCUT2D eigenvalue weighted by Gasteiger charge is -2.14. The lowest BCUT2D eigenvalue weighted by atomic mass is 9.95. The van der Waals surface area contributed by atoms with Gasteiger partial charge in [-0.2, -0.15) is 0 Å². The van der Waals surface area contributed by atoms with Crippen molar-refractivity contribution in [2.45, 2.75) is 0 Å². The summed E-state index contributed by atoms with van der Waals surface area (Å²) < 4.78 is 7.14. The third-order valence-corrected chi connectivity index (χ3v) is 16.0. The van der Waals surface area contributed by atoms with Crippen LogP contribution in [0.4, 0.5) is 22.7 Å². The van der Waals surface area contributed by atoms with Gasteiger partial charge in [-0.1, -0.05) is 158 Å².